The number of nitrogens with one attached hydrogen (secondary N) is 1. The van der Waals surface area contributed by atoms with Crippen LogP contribution in [0.4, 0.5) is 0 Å². The fourth-order valence-corrected chi connectivity index (χ4v) is 2.06. The number of nitrogens with zero attached hydrogens (tertiary/aromatic N) is 3. The van der Waals surface area contributed by atoms with Crippen LogP contribution in [0.5, 0.6) is 0 Å². The normalized spacial score (nSPS) is 11.2. The molecule has 1 N–H and O–H groups in total. The molecule has 0 spiro atoms. The van der Waals surface area contributed by atoms with Gasteiger partial charge in [-0.1, -0.05) is 0 Å². The van der Waals surface area contributed by atoms with Crippen molar-refractivity contribution in [2.75, 3.05) is 0 Å². The van der Waals surface area contributed by atoms with Crippen molar-refractivity contribution >= 4 is 43.4 Å². The third-order valence-electron chi connectivity index (χ3n) is 2.11. The summed E-state index contributed by atoms with van der Waals surface area (Å²) in [6, 6.07) is 3.88. The second kappa shape index (κ2) is 2.79. The summed E-state index contributed by atoms with van der Waals surface area (Å²) in [7, 11) is 0. The van der Waals surface area contributed by atoms with Gasteiger partial charge in [0.2, 0.25) is 0 Å². The molecule has 3 rings (SSSR count). The molecule has 0 unspecified atom stereocenters. The van der Waals surface area contributed by atoms with Crippen molar-refractivity contribution in [3.8, 4) is 0 Å². The van der Waals surface area contributed by atoms with Gasteiger partial charge in [0.25, 0.3) is 0 Å². The predicted octanol–water partition coefficient (Wildman–Crippen LogP) is 0.300. The molecule has 0 fully saturated rings. The van der Waals surface area contributed by atoms with Crippen LogP contribution in [0.2, 0.25) is 0 Å². The van der Waals surface area contributed by atoms with Crippen LogP contribution >= 0.6 is 0 Å². The summed E-state index contributed by atoms with van der Waals surface area (Å²) in [6.07, 6.45) is 3.42. The Bertz CT molecular complexity index is 616. The van der Waals surface area contributed by atoms with Gasteiger partial charge in [-0.3, -0.25) is 0 Å². The van der Waals surface area contributed by atoms with E-state index in [1.807, 2.05) is 18.3 Å². The van der Waals surface area contributed by atoms with E-state index in [1.54, 1.807) is 6.33 Å². The Morgan fingerprint density at radius 2 is 2.07 bits per heavy atom. The minimum absolute atomic E-state index is 0.847. The average Bonchev–Trinajstić information content (AvgIpc) is 2.67. The summed E-state index contributed by atoms with van der Waals surface area (Å²) >= 11 is 2.42. The maximum absolute atomic E-state index is 4.41. The van der Waals surface area contributed by atoms with Crippen LogP contribution < -0.4 is 4.48 Å². The van der Waals surface area contributed by atoms with Gasteiger partial charge < -0.3 is 0 Å². The van der Waals surface area contributed by atoms with Crippen molar-refractivity contribution in [1.82, 2.24) is 19.9 Å². The fourth-order valence-electron chi connectivity index (χ4n) is 1.49. The topological polar surface area (TPSA) is 54.5 Å². The number of fused-ring (bicyclic) bond motifs is 3. The SMILES string of the molecule is [As]c1nc2ccc[nH]c2c2ncnc12. The van der Waals surface area contributed by atoms with Crippen LogP contribution in [0.1, 0.15) is 0 Å². The van der Waals surface area contributed by atoms with Crippen molar-refractivity contribution in [2.45, 2.75) is 0 Å². The van der Waals surface area contributed by atoms with Crippen LogP contribution in [0.15, 0.2) is 24.7 Å². The Balaban J connectivity index is 2.66. The molecule has 5 heteroatoms. The number of hydrogen-bond donors (Lipinski definition) is 1. The zero-order valence-electron chi connectivity index (χ0n) is 7.10. The van der Waals surface area contributed by atoms with E-state index in [-0.39, 0.29) is 0 Å². The summed E-state index contributed by atoms with van der Waals surface area (Å²) in [5.74, 6) is 0. The number of aromatic nitrogens is 4. The number of pyridine rings is 2. The number of imidazole rings is 1. The van der Waals surface area contributed by atoms with Gasteiger partial charge in [-0.2, -0.15) is 0 Å². The van der Waals surface area contributed by atoms with E-state index in [1.165, 1.54) is 0 Å². The zero-order chi connectivity index (χ0) is 9.54. The average molecular weight is 244 g/mol. The molecule has 3 aromatic rings. The fraction of sp³-hybridized carbons (Fsp3) is 0. The summed E-state index contributed by atoms with van der Waals surface area (Å²) in [5, 5.41) is 0. The monoisotopic (exact) mass is 244 g/mol. The van der Waals surface area contributed by atoms with E-state index in [4.69, 9.17) is 0 Å². The first-order valence-electron chi connectivity index (χ1n) is 4.13. The van der Waals surface area contributed by atoms with E-state index in [9.17, 15) is 0 Å². The van der Waals surface area contributed by atoms with Gasteiger partial charge in [-0.25, -0.2) is 0 Å². The van der Waals surface area contributed by atoms with Crippen molar-refractivity contribution in [3.05, 3.63) is 24.7 Å². The molecule has 3 aromatic heterocycles. The number of hydrogen-bond acceptors (Lipinski definition) is 3. The molecule has 0 aliphatic carbocycles. The van der Waals surface area contributed by atoms with E-state index in [0.29, 0.717) is 0 Å². The van der Waals surface area contributed by atoms with Crippen molar-refractivity contribution in [3.63, 3.8) is 0 Å². The molecular weight excluding hydrogens is 239 g/mol. The quantitative estimate of drug-likeness (QED) is 0.578. The van der Waals surface area contributed by atoms with E-state index >= 15 is 0 Å². The predicted molar refractivity (Wildman–Crippen MR) is 54.6 cm³/mol. The number of H-pyrrole nitrogens is 1. The number of aromatic amines is 1. The second-order valence-corrected chi connectivity index (χ2v) is 3.83. The summed E-state index contributed by atoms with van der Waals surface area (Å²) in [5.41, 5.74) is 3.58. The van der Waals surface area contributed by atoms with Crippen LogP contribution in [0.3, 0.4) is 0 Å². The van der Waals surface area contributed by atoms with Crippen LogP contribution in [0, 0.1) is 0 Å². The van der Waals surface area contributed by atoms with Crippen LogP contribution in [-0.2, 0) is 0 Å². The number of rotatable bonds is 0. The van der Waals surface area contributed by atoms with Gasteiger partial charge >= 0.3 is 88.0 Å². The van der Waals surface area contributed by atoms with Crippen LogP contribution in [-0.4, -0.2) is 36.8 Å². The third kappa shape index (κ3) is 0.976. The first-order chi connectivity index (χ1) is 6.86. The van der Waals surface area contributed by atoms with E-state index in [0.717, 1.165) is 26.5 Å². The summed E-state index contributed by atoms with van der Waals surface area (Å²) in [6.45, 7) is 0. The first kappa shape index (κ1) is 7.94. The van der Waals surface area contributed by atoms with Crippen molar-refractivity contribution < 1.29 is 0 Å². The first-order valence-corrected chi connectivity index (χ1v) is 5.07. The van der Waals surface area contributed by atoms with Gasteiger partial charge in [0, 0.05) is 0 Å². The zero-order valence-corrected chi connectivity index (χ0v) is 8.97. The molecule has 66 valence electrons. The molecule has 0 bridgehead atoms. The summed E-state index contributed by atoms with van der Waals surface area (Å²) < 4.78 is 0.858. The Hall–Kier alpha value is -1.41. The molecule has 0 amide bonds. The molecule has 0 saturated heterocycles. The molecular formula is C9H5AsN4. The Labute approximate surface area is 88.3 Å². The molecule has 0 saturated carbocycles. The van der Waals surface area contributed by atoms with E-state index in [2.05, 4.69) is 36.8 Å². The van der Waals surface area contributed by atoms with Gasteiger partial charge in [0.05, 0.1) is 0 Å². The van der Waals surface area contributed by atoms with Gasteiger partial charge in [-0.05, 0) is 0 Å². The van der Waals surface area contributed by atoms with E-state index < -0.39 is 0 Å². The molecule has 0 aliphatic rings. The molecule has 0 aromatic carbocycles. The maximum atomic E-state index is 4.41. The van der Waals surface area contributed by atoms with Gasteiger partial charge in [0.1, 0.15) is 0 Å². The van der Waals surface area contributed by atoms with Crippen LogP contribution in [0.25, 0.3) is 22.1 Å². The molecule has 0 aliphatic heterocycles. The Morgan fingerprint density at radius 1 is 1.21 bits per heavy atom. The molecule has 3 heterocycles. The van der Waals surface area contributed by atoms with Gasteiger partial charge in [-0.15, -0.1) is 0 Å². The van der Waals surface area contributed by atoms with Crippen molar-refractivity contribution in [2.24, 2.45) is 0 Å². The molecule has 4 nitrogen and oxygen atoms in total. The molecule has 0 atom stereocenters. The molecule has 14 heavy (non-hydrogen) atoms. The Morgan fingerprint density at radius 3 is 3.00 bits per heavy atom. The summed E-state index contributed by atoms with van der Waals surface area (Å²) in [4.78, 5) is 15.9. The van der Waals surface area contributed by atoms with Crippen molar-refractivity contribution in [1.29, 1.82) is 0 Å². The van der Waals surface area contributed by atoms with Gasteiger partial charge in [0.15, 0.2) is 0 Å². The molecule has 2 radical (unpaired) electrons. The third-order valence-corrected chi connectivity index (χ3v) is 2.76. The minimum atomic E-state index is 0.847. The standard InChI is InChI=1S/C9H5AsN4/c10-9-8-7(12-4-13-8)6-5(14-9)2-1-3-11-6/h1-4,11H. The second-order valence-electron chi connectivity index (χ2n) is 2.94. The Kier molecular flexibility index (Phi) is 1.58.